The third-order valence-corrected chi connectivity index (χ3v) is 7.36. The van der Waals surface area contributed by atoms with Crippen molar-refractivity contribution in [1.29, 1.82) is 0 Å². The van der Waals surface area contributed by atoms with Crippen molar-refractivity contribution in [3.05, 3.63) is 84.0 Å². The number of fused-ring (bicyclic) bond motifs is 4. The number of nitrogens with one attached hydrogen (secondary N) is 5. The molecule has 2 heterocycles. The molecule has 5 rings (SSSR count). The minimum Gasteiger partial charge on any atom is -0.369 e. The molecule has 0 fully saturated rings. The van der Waals surface area contributed by atoms with Crippen LogP contribution in [0.25, 0.3) is 11.1 Å². The minimum absolute atomic E-state index is 0.168. The van der Waals surface area contributed by atoms with Crippen molar-refractivity contribution in [2.24, 2.45) is 0 Å². The molecule has 38 heavy (non-hydrogen) atoms. The maximum absolute atomic E-state index is 12.6. The van der Waals surface area contributed by atoms with Gasteiger partial charge in [-0.05, 0) is 60.5 Å². The number of urea groups is 1. The third-order valence-electron chi connectivity index (χ3n) is 5.66. The highest BCUT2D eigenvalue weighted by Crippen LogP contribution is 2.29. The first-order valence-electron chi connectivity index (χ1n) is 11.8. The topological polar surface area (TPSA) is 137 Å². The van der Waals surface area contributed by atoms with Crippen LogP contribution in [-0.2, 0) is 10.0 Å². The Kier molecular flexibility index (Phi) is 7.40. The molecule has 0 atom stereocenters. The van der Waals surface area contributed by atoms with E-state index in [2.05, 4.69) is 36.0 Å². The van der Waals surface area contributed by atoms with Gasteiger partial charge in [-0.1, -0.05) is 35.9 Å². The van der Waals surface area contributed by atoms with Crippen molar-refractivity contribution in [2.45, 2.75) is 11.3 Å². The molecule has 0 unspecified atom stereocenters. The van der Waals surface area contributed by atoms with Gasteiger partial charge >= 0.3 is 6.03 Å². The fourth-order valence-electron chi connectivity index (χ4n) is 3.84. The van der Waals surface area contributed by atoms with Crippen molar-refractivity contribution in [1.82, 2.24) is 14.7 Å². The lowest BCUT2D eigenvalue weighted by Gasteiger charge is -2.14. The van der Waals surface area contributed by atoms with E-state index in [1.165, 1.54) is 0 Å². The molecular weight excluding hydrogens is 526 g/mol. The van der Waals surface area contributed by atoms with Gasteiger partial charge in [0.05, 0.1) is 4.90 Å². The zero-order chi connectivity index (χ0) is 26.5. The molecule has 0 aliphatic carbocycles. The molecule has 10 nitrogen and oxygen atoms in total. The number of sulfonamides is 1. The van der Waals surface area contributed by atoms with Crippen LogP contribution in [0.15, 0.2) is 83.9 Å². The summed E-state index contributed by atoms with van der Waals surface area (Å²) in [5.74, 6) is 0.925. The molecule has 1 aromatic heterocycles. The highest BCUT2D eigenvalue weighted by Gasteiger charge is 2.16. The van der Waals surface area contributed by atoms with Crippen LogP contribution >= 0.6 is 11.6 Å². The van der Waals surface area contributed by atoms with Gasteiger partial charge in [-0.3, -0.25) is 0 Å². The molecule has 2 amide bonds. The van der Waals surface area contributed by atoms with E-state index in [1.54, 1.807) is 66.9 Å². The van der Waals surface area contributed by atoms with Gasteiger partial charge in [-0.25, -0.2) is 22.9 Å². The third kappa shape index (κ3) is 6.20. The highest BCUT2D eigenvalue weighted by atomic mass is 35.5. The second-order valence-corrected chi connectivity index (χ2v) is 10.7. The summed E-state index contributed by atoms with van der Waals surface area (Å²) in [6.07, 6.45) is 2.25. The Morgan fingerprint density at radius 2 is 1.71 bits per heavy atom. The average molecular weight is 550 g/mol. The van der Waals surface area contributed by atoms with Gasteiger partial charge in [-0.2, -0.15) is 4.98 Å². The van der Waals surface area contributed by atoms with Crippen molar-refractivity contribution in [2.75, 3.05) is 34.4 Å². The molecule has 0 saturated carbocycles. The summed E-state index contributed by atoms with van der Waals surface area (Å²) >= 11 is 5.97. The molecule has 0 radical (unpaired) electrons. The predicted molar refractivity (Wildman–Crippen MR) is 150 cm³/mol. The highest BCUT2D eigenvalue weighted by molar-refractivity contribution is 7.89. The lowest BCUT2D eigenvalue weighted by molar-refractivity contribution is 0.262. The van der Waals surface area contributed by atoms with E-state index in [9.17, 15) is 13.2 Å². The normalized spacial score (nSPS) is 14.4. The minimum atomic E-state index is -3.62. The summed E-state index contributed by atoms with van der Waals surface area (Å²) in [5, 5.41) is 12.4. The van der Waals surface area contributed by atoms with Crippen LogP contribution in [0.1, 0.15) is 6.42 Å². The molecule has 4 bridgehead atoms. The molecule has 1 aliphatic heterocycles. The van der Waals surface area contributed by atoms with Gasteiger partial charge in [0.1, 0.15) is 5.82 Å². The fourth-order valence-corrected chi connectivity index (χ4v) is 5.15. The number of hydrogen-bond donors (Lipinski definition) is 5. The molecular formula is C26H24ClN7O3S. The average Bonchev–Trinajstić information content (AvgIpc) is 2.89. The standard InChI is InChI=1S/C26H24ClN7O3S/c27-18-4-1-5-20(14-18)33-26(35)32-19-10-8-17(9-11-19)23-16-29-25-31-21-6-2-7-22(15-21)38(36,37)30-13-3-12-28-24(23)34-25/h1-2,4-11,14-16,30H,3,12-13H2,(H2,32,33,35)(H2,28,29,31,34). The van der Waals surface area contributed by atoms with Crippen LogP contribution in [0.4, 0.5) is 33.6 Å². The van der Waals surface area contributed by atoms with E-state index >= 15 is 0 Å². The maximum atomic E-state index is 12.6. The molecule has 0 spiro atoms. The van der Waals surface area contributed by atoms with Gasteiger partial charge in [0.15, 0.2) is 0 Å². The number of benzene rings is 3. The zero-order valence-electron chi connectivity index (χ0n) is 20.0. The first kappa shape index (κ1) is 25.5. The second-order valence-electron chi connectivity index (χ2n) is 8.45. The molecule has 4 aromatic rings. The maximum Gasteiger partial charge on any atom is 0.323 e. The Morgan fingerprint density at radius 1 is 0.921 bits per heavy atom. The number of nitrogens with zero attached hydrogens (tertiary/aromatic N) is 2. The lowest BCUT2D eigenvalue weighted by atomic mass is 10.1. The summed E-state index contributed by atoms with van der Waals surface area (Å²) < 4.78 is 27.8. The number of carbonyl (C=O) groups excluding carboxylic acids is 1. The van der Waals surface area contributed by atoms with E-state index in [4.69, 9.17) is 11.6 Å². The summed E-state index contributed by atoms with van der Waals surface area (Å²) in [6.45, 7) is 0.769. The monoisotopic (exact) mass is 549 g/mol. The molecule has 12 heteroatoms. The van der Waals surface area contributed by atoms with Crippen LogP contribution in [0.2, 0.25) is 5.02 Å². The number of carbonyl (C=O) groups is 1. The number of anilines is 5. The van der Waals surface area contributed by atoms with E-state index in [1.807, 2.05) is 12.1 Å². The van der Waals surface area contributed by atoms with E-state index in [0.29, 0.717) is 46.8 Å². The molecule has 3 aromatic carbocycles. The fraction of sp³-hybridized carbons (Fsp3) is 0.115. The van der Waals surface area contributed by atoms with Crippen molar-refractivity contribution in [3.63, 3.8) is 0 Å². The Labute approximate surface area is 224 Å². The van der Waals surface area contributed by atoms with Crippen LogP contribution in [-0.4, -0.2) is 37.5 Å². The van der Waals surface area contributed by atoms with Crippen molar-refractivity contribution < 1.29 is 13.2 Å². The SMILES string of the molecule is O=C(Nc1ccc(-c2cnc3nc2NCCCNS(=O)(=O)c2cccc(c2)N3)cc1)Nc1cccc(Cl)c1. The van der Waals surface area contributed by atoms with Crippen LogP contribution < -0.4 is 26.0 Å². The number of amides is 2. The van der Waals surface area contributed by atoms with Gasteiger partial charge in [0.2, 0.25) is 16.0 Å². The van der Waals surface area contributed by atoms with Crippen LogP contribution in [0, 0.1) is 0 Å². The van der Waals surface area contributed by atoms with Crippen LogP contribution in [0.5, 0.6) is 0 Å². The van der Waals surface area contributed by atoms with Crippen molar-refractivity contribution >= 4 is 56.5 Å². The van der Waals surface area contributed by atoms with Gasteiger partial charge < -0.3 is 21.3 Å². The van der Waals surface area contributed by atoms with Gasteiger partial charge in [0.25, 0.3) is 0 Å². The number of aromatic nitrogens is 2. The number of hydrogen-bond acceptors (Lipinski definition) is 7. The molecule has 0 saturated heterocycles. The molecule has 1 aliphatic rings. The van der Waals surface area contributed by atoms with E-state index in [-0.39, 0.29) is 11.4 Å². The van der Waals surface area contributed by atoms with E-state index in [0.717, 1.165) is 11.1 Å². The Morgan fingerprint density at radius 3 is 2.53 bits per heavy atom. The summed E-state index contributed by atoms with van der Waals surface area (Å²) in [5.41, 5.74) is 3.34. The summed E-state index contributed by atoms with van der Waals surface area (Å²) in [7, 11) is -3.62. The lowest BCUT2D eigenvalue weighted by Crippen LogP contribution is -2.26. The largest absolute Gasteiger partial charge is 0.369 e. The predicted octanol–water partition coefficient (Wildman–Crippen LogP) is 5.28. The molecule has 194 valence electrons. The smallest absolute Gasteiger partial charge is 0.323 e. The van der Waals surface area contributed by atoms with Crippen molar-refractivity contribution in [3.8, 4) is 11.1 Å². The van der Waals surface area contributed by atoms with Crippen LogP contribution in [0.3, 0.4) is 0 Å². The summed E-state index contributed by atoms with van der Waals surface area (Å²) in [4.78, 5) is 21.6. The zero-order valence-corrected chi connectivity index (χ0v) is 21.6. The quantitative estimate of drug-likeness (QED) is 0.234. The second kappa shape index (κ2) is 11.1. The first-order chi connectivity index (χ1) is 18.4. The first-order valence-corrected chi connectivity index (χ1v) is 13.6. The Balaban J connectivity index is 1.35. The van der Waals surface area contributed by atoms with Gasteiger partial charge in [-0.15, -0.1) is 0 Å². The Hall–Kier alpha value is -4.19. The van der Waals surface area contributed by atoms with Gasteiger partial charge in [0, 0.05) is 46.9 Å². The summed E-state index contributed by atoms with van der Waals surface area (Å²) in [6, 6.07) is 20.3. The number of halogens is 1. The molecule has 5 N–H and O–H groups in total. The van der Waals surface area contributed by atoms with E-state index < -0.39 is 16.1 Å². The Bertz CT molecular complexity index is 1580. The number of rotatable bonds is 3.